The largest absolute Gasteiger partial charge is 0.378 e. The lowest BCUT2D eigenvalue weighted by atomic mass is 10.2. The second-order valence-electron chi connectivity index (χ2n) is 7.01. The minimum absolute atomic E-state index is 0.129. The molecular weight excluding hydrogens is 358 g/mol. The number of morpholine rings is 1. The fourth-order valence-electron chi connectivity index (χ4n) is 3.69. The van der Waals surface area contributed by atoms with Gasteiger partial charge in [-0.3, -0.25) is 9.59 Å². The van der Waals surface area contributed by atoms with Crippen LogP contribution in [0.3, 0.4) is 0 Å². The molecule has 0 bridgehead atoms. The molecule has 1 atom stereocenters. The Balaban J connectivity index is 1.80. The zero-order chi connectivity index (χ0) is 19.8. The molecule has 1 aliphatic heterocycles. The van der Waals surface area contributed by atoms with Gasteiger partial charge in [-0.15, -0.1) is 0 Å². The summed E-state index contributed by atoms with van der Waals surface area (Å²) in [5.41, 5.74) is 2.38. The Labute approximate surface area is 162 Å². The number of benzene rings is 1. The van der Waals surface area contributed by atoms with E-state index in [1.54, 1.807) is 16.5 Å². The molecule has 0 spiro atoms. The van der Waals surface area contributed by atoms with E-state index in [-0.39, 0.29) is 11.5 Å². The molecule has 0 saturated carbocycles. The third kappa shape index (κ3) is 2.99. The third-order valence-corrected chi connectivity index (χ3v) is 5.19. The van der Waals surface area contributed by atoms with E-state index >= 15 is 0 Å². The number of carbonyl (C=O) groups is 1. The van der Waals surface area contributed by atoms with Gasteiger partial charge in [-0.05, 0) is 32.9 Å². The molecule has 0 aliphatic carbocycles. The topological polar surface area (TPSA) is 82.2 Å². The van der Waals surface area contributed by atoms with Gasteiger partial charge >= 0.3 is 0 Å². The molecule has 1 saturated heterocycles. The summed E-state index contributed by atoms with van der Waals surface area (Å²) in [6.07, 6.45) is 0. The Kier molecular flexibility index (Phi) is 4.72. The van der Waals surface area contributed by atoms with Crippen molar-refractivity contribution in [3.63, 3.8) is 0 Å². The number of fused-ring (bicyclic) bond motifs is 1. The molecule has 28 heavy (non-hydrogen) atoms. The molecule has 146 valence electrons. The highest BCUT2D eigenvalue weighted by Gasteiger charge is 2.27. The van der Waals surface area contributed by atoms with Crippen LogP contribution in [-0.2, 0) is 9.53 Å². The number of aromatic nitrogens is 4. The monoisotopic (exact) mass is 381 g/mol. The average Bonchev–Trinajstić information content (AvgIpc) is 3.09. The van der Waals surface area contributed by atoms with Crippen LogP contribution in [0.1, 0.15) is 24.4 Å². The fourth-order valence-corrected chi connectivity index (χ4v) is 3.69. The zero-order valence-electron chi connectivity index (χ0n) is 16.3. The molecule has 0 N–H and O–H groups in total. The third-order valence-electron chi connectivity index (χ3n) is 5.19. The van der Waals surface area contributed by atoms with Gasteiger partial charge in [0.1, 0.15) is 6.04 Å². The van der Waals surface area contributed by atoms with Crippen LogP contribution in [0, 0.1) is 13.8 Å². The molecule has 8 heteroatoms. The van der Waals surface area contributed by atoms with Crippen molar-refractivity contribution in [2.45, 2.75) is 26.8 Å². The van der Waals surface area contributed by atoms with Crippen LogP contribution in [0.15, 0.2) is 35.1 Å². The van der Waals surface area contributed by atoms with E-state index in [0.717, 1.165) is 16.8 Å². The lowest BCUT2D eigenvalue weighted by molar-refractivity contribution is -0.138. The molecule has 3 heterocycles. The van der Waals surface area contributed by atoms with E-state index in [1.807, 2.05) is 44.2 Å². The lowest BCUT2D eigenvalue weighted by Gasteiger charge is -2.29. The lowest BCUT2D eigenvalue weighted by Crippen LogP contribution is -2.45. The first-order valence-electron chi connectivity index (χ1n) is 9.39. The minimum Gasteiger partial charge on any atom is -0.378 e. The van der Waals surface area contributed by atoms with Gasteiger partial charge in [0.25, 0.3) is 5.56 Å². The van der Waals surface area contributed by atoms with Crippen LogP contribution in [0.4, 0.5) is 0 Å². The highest BCUT2D eigenvalue weighted by atomic mass is 16.5. The standard InChI is InChI=1S/C20H23N5O3/c1-13-17-14(2)24(16-7-5-4-6-8-16)22-18(17)20(27)25(21-13)15(3)19(26)23-9-11-28-12-10-23/h4-8,15H,9-12H2,1-3H3/t15-/m0/s1. The molecule has 1 fully saturated rings. The molecule has 0 radical (unpaired) electrons. The fraction of sp³-hybridized carbons (Fsp3) is 0.400. The SMILES string of the molecule is Cc1nn([C@@H](C)C(=O)N2CCOCC2)c(=O)c2nn(-c3ccccc3)c(C)c12. The smallest absolute Gasteiger partial charge is 0.295 e. The normalized spacial score (nSPS) is 15.8. The van der Waals surface area contributed by atoms with Gasteiger partial charge in [0, 0.05) is 13.1 Å². The van der Waals surface area contributed by atoms with Gasteiger partial charge in [-0.2, -0.15) is 10.2 Å². The van der Waals surface area contributed by atoms with Crippen LogP contribution < -0.4 is 5.56 Å². The number of hydrogen-bond donors (Lipinski definition) is 0. The minimum atomic E-state index is -0.698. The summed E-state index contributed by atoms with van der Waals surface area (Å²) in [5.74, 6) is -0.129. The quantitative estimate of drug-likeness (QED) is 0.689. The molecule has 3 aromatic rings. The first-order valence-corrected chi connectivity index (χ1v) is 9.39. The van der Waals surface area contributed by atoms with Gasteiger partial charge in [0.15, 0.2) is 5.52 Å². The van der Waals surface area contributed by atoms with Crippen molar-refractivity contribution in [3.8, 4) is 5.69 Å². The molecule has 2 aromatic heterocycles. The Hall–Kier alpha value is -3.00. The number of nitrogens with zero attached hydrogens (tertiary/aromatic N) is 5. The number of aryl methyl sites for hydroxylation is 2. The van der Waals surface area contributed by atoms with Crippen molar-refractivity contribution in [2.24, 2.45) is 0 Å². The number of rotatable bonds is 3. The van der Waals surface area contributed by atoms with E-state index in [4.69, 9.17) is 4.74 Å². The molecule has 1 aliphatic rings. The molecule has 1 amide bonds. The van der Waals surface area contributed by atoms with Gasteiger partial charge in [0.05, 0.1) is 35.7 Å². The van der Waals surface area contributed by atoms with Crippen LogP contribution >= 0.6 is 0 Å². The average molecular weight is 381 g/mol. The predicted molar refractivity (Wildman–Crippen MR) is 105 cm³/mol. The van der Waals surface area contributed by atoms with Crippen molar-refractivity contribution in [1.82, 2.24) is 24.5 Å². The molecule has 8 nitrogen and oxygen atoms in total. The molecule has 0 unspecified atom stereocenters. The summed E-state index contributed by atoms with van der Waals surface area (Å²) in [6.45, 7) is 7.55. The molecule has 4 rings (SSSR count). The van der Waals surface area contributed by atoms with Crippen molar-refractivity contribution in [2.75, 3.05) is 26.3 Å². The second kappa shape index (κ2) is 7.20. The van der Waals surface area contributed by atoms with Gasteiger partial charge in [-0.1, -0.05) is 18.2 Å². The van der Waals surface area contributed by atoms with Gasteiger partial charge < -0.3 is 9.64 Å². The summed E-state index contributed by atoms with van der Waals surface area (Å²) >= 11 is 0. The van der Waals surface area contributed by atoms with E-state index < -0.39 is 6.04 Å². The van der Waals surface area contributed by atoms with Crippen molar-refractivity contribution in [1.29, 1.82) is 0 Å². The second-order valence-corrected chi connectivity index (χ2v) is 7.01. The van der Waals surface area contributed by atoms with Crippen molar-refractivity contribution in [3.05, 3.63) is 52.1 Å². The van der Waals surface area contributed by atoms with Crippen molar-refractivity contribution < 1.29 is 9.53 Å². The summed E-state index contributed by atoms with van der Waals surface area (Å²) in [5, 5.41) is 9.75. The summed E-state index contributed by atoms with van der Waals surface area (Å²) in [7, 11) is 0. The number of carbonyl (C=O) groups excluding carboxylic acids is 1. The van der Waals surface area contributed by atoms with Crippen LogP contribution in [0.2, 0.25) is 0 Å². The molecule has 1 aromatic carbocycles. The van der Waals surface area contributed by atoms with Crippen molar-refractivity contribution >= 4 is 16.8 Å². The van der Waals surface area contributed by atoms with E-state index in [1.165, 1.54) is 4.68 Å². The summed E-state index contributed by atoms with van der Waals surface area (Å²) in [6, 6.07) is 8.95. The molecular formula is C20H23N5O3. The maximum absolute atomic E-state index is 13.1. The van der Waals surface area contributed by atoms with E-state index in [0.29, 0.717) is 37.5 Å². The number of para-hydroxylation sites is 1. The first-order chi connectivity index (χ1) is 13.5. The first kappa shape index (κ1) is 18.4. The van der Waals surface area contributed by atoms with E-state index in [9.17, 15) is 9.59 Å². The van der Waals surface area contributed by atoms with Crippen LogP contribution in [-0.4, -0.2) is 56.7 Å². The summed E-state index contributed by atoms with van der Waals surface area (Å²) in [4.78, 5) is 27.7. The zero-order valence-corrected chi connectivity index (χ0v) is 16.3. The Morgan fingerprint density at radius 1 is 1.11 bits per heavy atom. The Bertz CT molecular complexity index is 1080. The highest BCUT2D eigenvalue weighted by molar-refractivity contribution is 5.84. The Morgan fingerprint density at radius 3 is 2.46 bits per heavy atom. The highest BCUT2D eigenvalue weighted by Crippen LogP contribution is 2.22. The Morgan fingerprint density at radius 2 is 1.79 bits per heavy atom. The number of amides is 1. The van der Waals surface area contributed by atoms with Gasteiger partial charge in [0.2, 0.25) is 5.91 Å². The maximum atomic E-state index is 13.1. The maximum Gasteiger partial charge on any atom is 0.295 e. The number of ether oxygens (including phenoxy) is 1. The van der Waals surface area contributed by atoms with Crippen LogP contribution in [0.5, 0.6) is 0 Å². The van der Waals surface area contributed by atoms with Crippen LogP contribution in [0.25, 0.3) is 16.6 Å². The predicted octanol–water partition coefficient (Wildman–Crippen LogP) is 1.62. The van der Waals surface area contributed by atoms with E-state index in [2.05, 4.69) is 10.2 Å². The summed E-state index contributed by atoms with van der Waals surface area (Å²) < 4.78 is 8.31. The number of hydrogen-bond acceptors (Lipinski definition) is 5. The van der Waals surface area contributed by atoms with Gasteiger partial charge in [-0.25, -0.2) is 9.36 Å².